The predicted octanol–water partition coefficient (Wildman–Crippen LogP) is 2.40. The second kappa shape index (κ2) is 13.3. The molecule has 7 heteroatoms. The van der Waals surface area contributed by atoms with Crippen molar-refractivity contribution in [3.63, 3.8) is 0 Å². The molecule has 1 saturated heterocycles. The van der Waals surface area contributed by atoms with Gasteiger partial charge in [-0.25, -0.2) is 0 Å². The highest BCUT2D eigenvalue weighted by Crippen LogP contribution is 2.14. The Balaban J connectivity index is 1.50. The van der Waals surface area contributed by atoms with E-state index in [1.54, 1.807) is 0 Å². The molecule has 0 unspecified atom stereocenters. The van der Waals surface area contributed by atoms with Gasteiger partial charge < -0.3 is 20.9 Å². The zero-order valence-electron chi connectivity index (χ0n) is 19.4. The summed E-state index contributed by atoms with van der Waals surface area (Å²) in [6, 6.07) is 12.3. The number of nitrogens with one attached hydrogen (secondary N) is 1. The number of carbonyl (C=O) groups excluding carboxylic acids is 1. The Morgan fingerprint density at radius 2 is 1.66 bits per heavy atom. The molecule has 0 aliphatic carbocycles. The van der Waals surface area contributed by atoms with E-state index in [9.17, 15) is 4.79 Å². The third-order valence-corrected chi connectivity index (χ3v) is 5.90. The first-order valence-electron chi connectivity index (χ1n) is 11.7. The predicted molar refractivity (Wildman–Crippen MR) is 130 cm³/mol. The highest BCUT2D eigenvalue weighted by atomic mass is 16.1. The smallest absolute Gasteiger partial charge is 0.221 e. The molecule has 0 spiro atoms. The molecule has 1 aliphatic heterocycles. The van der Waals surface area contributed by atoms with Gasteiger partial charge in [0.15, 0.2) is 0 Å². The van der Waals surface area contributed by atoms with Gasteiger partial charge in [0.1, 0.15) is 0 Å². The largest absolute Gasteiger partial charge is 0.330 e. The first-order valence-corrected chi connectivity index (χ1v) is 11.7. The van der Waals surface area contributed by atoms with Gasteiger partial charge >= 0.3 is 0 Å². The van der Waals surface area contributed by atoms with Gasteiger partial charge in [-0.2, -0.15) is 0 Å². The standard InChI is InChI=1S/C25H38N6O/c1-22(32)28-25-8-6-23(7-9-25)20-31(21-24-5-2-11-27-19-24)14-4-13-30-17-15-29(16-18-30)12-3-10-26/h2,5-9,11,19H,3-4,10,12-18,20-21,26H2,1H3,(H,28,32). The summed E-state index contributed by atoms with van der Waals surface area (Å²) < 4.78 is 0. The molecule has 1 aromatic heterocycles. The van der Waals surface area contributed by atoms with E-state index in [-0.39, 0.29) is 5.91 Å². The van der Waals surface area contributed by atoms with Gasteiger partial charge in [0, 0.05) is 70.8 Å². The maximum atomic E-state index is 11.3. The van der Waals surface area contributed by atoms with E-state index in [4.69, 9.17) is 5.73 Å². The molecule has 2 aromatic rings. The minimum Gasteiger partial charge on any atom is -0.330 e. The Hall–Kier alpha value is -2.32. The number of nitrogens with zero attached hydrogens (tertiary/aromatic N) is 4. The lowest BCUT2D eigenvalue weighted by Crippen LogP contribution is -2.47. The van der Waals surface area contributed by atoms with Crippen LogP contribution in [0.3, 0.4) is 0 Å². The highest BCUT2D eigenvalue weighted by molar-refractivity contribution is 5.88. The molecule has 174 valence electrons. The fourth-order valence-electron chi connectivity index (χ4n) is 4.19. The van der Waals surface area contributed by atoms with Crippen molar-refractivity contribution >= 4 is 11.6 Å². The summed E-state index contributed by atoms with van der Waals surface area (Å²) in [7, 11) is 0. The van der Waals surface area contributed by atoms with Crippen LogP contribution >= 0.6 is 0 Å². The van der Waals surface area contributed by atoms with E-state index >= 15 is 0 Å². The number of hydrogen-bond donors (Lipinski definition) is 2. The van der Waals surface area contributed by atoms with Crippen LogP contribution in [-0.4, -0.2) is 77.9 Å². The van der Waals surface area contributed by atoms with E-state index in [1.807, 2.05) is 30.6 Å². The average Bonchev–Trinajstić information content (AvgIpc) is 2.80. The number of anilines is 1. The number of rotatable bonds is 12. The molecule has 0 bridgehead atoms. The second-order valence-electron chi connectivity index (χ2n) is 8.63. The third kappa shape index (κ3) is 8.67. The molecule has 7 nitrogen and oxygen atoms in total. The highest BCUT2D eigenvalue weighted by Gasteiger charge is 2.16. The van der Waals surface area contributed by atoms with Crippen molar-refractivity contribution in [2.75, 3.05) is 57.7 Å². The fraction of sp³-hybridized carbons (Fsp3) is 0.520. The van der Waals surface area contributed by atoms with Crippen molar-refractivity contribution in [1.82, 2.24) is 19.7 Å². The van der Waals surface area contributed by atoms with Crippen molar-refractivity contribution in [1.29, 1.82) is 0 Å². The number of nitrogens with two attached hydrogens (primary N) is 1. The monoisotopic (exact) mass is 438 g/mol. The Labute approximate surface area is 192 Å². The summed E-state index contributed by atoms with van der Waals surface area (Å²) in [5.74, 6) is -0.0452. The molecule has 1 aliphatic rings. The summed E-state index contributed by atoms with van der Waals surface area (Å²) in [4.78, 5) is 23.1. The van der Waals surface area contributed by atoms with E-state index in [0.29, 0.717) is 0 Å². The molecular weight excluding hydrogens is 400 g/mol. The fourth-order valence-corrected chi connectivity index (χ4v) is 4.19. The number of hydrogen-bond acceptors (Lipinski definition) is 6. The third-order valence-electron chi connectivity index (χ3n) is 5.90. The summed E-state index contributed by atoms with van der Waals surface area (Å²) in [5, 5.41) is 2.83. The maximum Gasteiger partial charge on any atom is 0.221 e. The lowest BCUT2D eigenvalue weighted by molar-refractivity contribution is -0.114. The minimum atomic E-state index is -0.0452. The SMILES string of the molecule is CC(=O)Nc1ccc(CN(CCCN2CCN(CCCN)CC2)Cc2cccnc2)cc1. The van der Waals surface area contributed by atoms with Crippen molar-refractivity contribution in [3.05, 3.63) is 59.9 Å². The molecule has 0 saturated carbocycles. The van der Waals surface area contributed by atoms with Crippen LogP contribution < -0.4 is 11.1 Å². The maximum absolute atomic E-state index is 11.3. The average molecular weight is 439 g/mol. The van der Waals surface area contributed by atoms with E-state index < -0.39 is 0 Å². The Bertz CT molecular complexity index is 790. The molecule has 3 N–H and O–H groups in total. The van der Waals surface area contributed by atoms with Gasteiger partial charge in [-0.15, -0.1) is 0 Å². The van der Waals surface area contributed by atoms with Crippen LogP contribution in [0.2, 0.25) is 0 Å². The quantitative estimate of drug-likeness (QED) is 0.530. The number of carbonyl (C=O) groups is 1. The molecule has 0 radical (unpaired) electrons. The van der Waals surface area contributed by atoms with Gasteiger partial charge in [-0.1, -0.05) is 18.2 Å². The zero-order valence-corrected chi connectivity index (χ0v) is 19.4. The second-order valence-corrected chi connectivity index (χ2v) is 8.63. The van der Waals surface area contributed by atoms with Gasteiger partial charge in [0.25, 0.3) is 0 Å². The van der Waals surface area contributed by atoms with Crippen LogP contribution in [0.15, 0.2) is 48.8 Å². The van der Waals surface area contributed by atoms with Crippen LogP contribution in [0.4, 0.5) is 5.69 Å². The van der Waals surface area contributed by atoms with Crippen LogP contribution in [-0.2, 0) is 17.9 Å². The van der Waals surface area contributed by atoms with Crippen molar-refractivity contribution in [2.45, 2.75) is 32.9 Å². The summed E-state index contributed by atoms with van der Waals surface area (Å²) in [5.41, 5.74) is 8.96. The van der Waals surface area contributed by atoms with Crippen molar-refractivity contribution in [2.24, 2.45) is 5.73 Å². The van der Waals surface area contributed by atoms with Gasteiger partial charge in [-0.3, -0.25) is 14.7 Å². The van der Waals surface area contributed by atoms with Crippen LogP contribution in [0.5, 0.6) is 0 Å². The lowest BCUT2D eigenvalue weighted by Gasteiger charge is -2.35. The van der Waals surface area contributed by atoms with Gasteiger partial charge in [-0.05, 0) is 61.8 Å². The van der Waals surface area contributed by atoms with Crippen LogP contribution in [0.1, 0.15) is 30.9 Å². The first-order chi connectivity index (χ1) is 15.6. The molecule has 3 rings (SSSR count). The molecule has 32 heavy (non-hydrogen) atoms. The van der Waals surface area contributed by atoms with Crippen molar-refractivity contribution in [3.8, 4) is 0 Å². The molecule has 2 heterocycles. The molecular formula is C25H38N6O. The van der Waals surface area contributed by atoms with E-state index in [2.05, 4.69) is 43.2 Å². The summed E-state index contributed by atoms with van der Waals surface area (Å²) in [6.07, 6.45) is 6.01. The number of pyridine rings is 1. The zero-order chi connectivity index (χ0) is 22.6. The van der Waals surface area contributed by atoms with Crippen LogP contribution in [0, 0.1) is 0 Å². The van der Waals surface area contributed by atoms with Gasteiger partial charge in [0.2, 0.25) is 5.91 Å². The molecule has 1 aromatic carbocycles. The van der Waals surface area contributed by atoms with Crippen LogP contribution in [0.25, 0.3) is 0 Å². The topological polar surface area (TPSA) is 77.7 Å². The Morgan fingerprint density at radius 3 is 2.25 bits per heavy atom. The summed E-state index contributed by atoms with van der Waals surface area (Å²) >= 11 is 0. The van der Waals surface area contributed by atoms with Crippen molar-refractivity contribution < 1.29 is 4.79 Å². The van der Waals surface area contributed by atoms with E-state index in [1.165, 1.54) is 18.1 Å². The molecule has 1 amide bonds. The Morgan fingerprint density at radius 1 is 1.00 bits per heavy atom. The first kappa shape index (κ1) is 24.3. The van der Waals surface area contributed by atoms with Gasteiger partial charge in [0.05, 0.1) is 0 Å². The number of aromatic nitrogens is 1. The molecule has 0 atom stereocenters. The lowest BCUT2D eigenvalue weighted by atomic mass is 10.1. The summed E-state index contributed by atoms with van der Waals surface area (Å²) in [6.45, 7) is 12.0. The number of amides is 1. The minimum absolute atomic E-state index is 0.0452. The number of benzene rings is 1. The Kier molecular flexibility index (Phi) is 10.1. The van der Waals surface area contributed by atoms with E-state index in [0.717, 1.165) is 84.0 Å². The molecule has 1 fully saturated rings. The number of piperazine rings is 1. The normalized spacial score (nSPS) is 15.2.